The van der Waals surface area contributed by atoms with E-state index in [2.05, 4.69) is 0 Å². The van der Waals surface area contributed by atoms with Crippen molar-refractivity contribution in [1.29, 1.82) is 0 Å². The average molecular weight is 233 g/mol. The number of carbonyl (C=O) groups is 2. The number of methoxy groups -OCH3 is 1. The van der Waals surface area contributed by atoms with Crippen LogP contribution in [0.5, 0.6) is 0 Å². The van der Waals surface area contributed by atoms with E-state index >= 15 is 0 Å². The van der Waals surface area contributed by atoms with Gasteiger partial charge in [0.2, 0.25) is 5.78 Å². The molecule has 0 aliphatic heterocycles. The Morgan fingerprint density at radius 3 is 2.53 bits per heavy atom. The maximum atomic E-state index is 11.8. The molecular weight excluding hydrogens is 226 g/mol. The summed E-state index contributed by atoms with van der Waals surface area (Å²) in [7, 11) is 1.26. The Hall–Kier alpha value is -2.50. The molecule has 0 unspecified atom stereocenters. The number of nitro groups is 1. The summed E-state index contributed by atoms with van der Waals surface area (Å²) in [5.41, 5.74) is -0.0767. The van der Waals surface area contributed by atoms with E-state index in [1.807, 2.05) is 0 Å². The van der Waals surface area contributed by atoms with Crippen molar-refractivity contribution >= 4 is 17.3 Å². The number of rotatable bonds is 2. The van der Waals surface area contributed by atoms with Crippen molar-refractivity contribution in [2.45, 2.75) is 0 Å². The number of Topliss-reactive ketones (excluding diaryl/α,β-unsaturated/α-hetero) is 1. The van der Waals surface area contributed by atoms with Crippen molar-refractivity contribution in [1.82, 2.24) is 0 Å². The Kier molecular flexibility index (Phi) is 2.47. The van der Waals surface area contributed by atoms with Crippen LogP contribution in [0.25, 0.3) is 0 Å². The molecule has 0 bridgehead atoms. The van der Waals surface area contributed by atoms with Gasteiger partial charge in [-0.2, -0.15) is 0 Å². The van der Waals surface area contributed by atoms with E-state index in [1.54, 1.807) is 0 Å². The summed E-state index contributed by atoms with van der Waals surface area (Å²) in [6.45, 7) is 0. The summed E-state index contributed by atoms with van der Waals surface area (Å²) in [5, 5.41) is 10.6. The Balaban J connectivity index is 2.61. The molecule has 6 nitrogen and oxygen atoms in total. The maximum absolute atomic E-state index is 11.8. The Morgan fingerprint density at radius 2 is 1.94 bits per heavy atom. The van der Waals surface area contributed by atoms with Crippen LogP contribution < -0.4 is 0 Å². The first kappa shape index (κ1) is 11.0. The lowest BCUT2D eigenvalue weighted by Gasteiger charge is -2.13. The first-order valence-corrected chi connectivity index (χ1v) is 4.67. The Morgan fingerprint density at radius 1 is 1.24 bits per heavy atom. The van der Waals surface area contributed by atoms with Crippen LogP contribution in [0.4, 0.5) is 5.69 Å². The SMILES string of the molecule is COC1=CC(=O)c2ccc([N+](=O)[O-])cc2C1=O. The summed E-state index contributed by atoms with van der Waals surface area (Å²) < 4.78 is 4.75. The van der Waals surface area contributed by atoms with E-state index in [1.165, 1.54) is 19.2 Å². The topological polar surface area (TPSA) is 86.5 Å². The molecule has 0 saturated heterocycles. The number of fused-ring (bicyclic) bond motifs is 1. The van der Waals surface area contributed by atoms with Gasteiger partial charge in [-0.1, -0.05) is 0 Å². The predicted octanol–water partition coefficient (Wildman–Crippen LogP) is 1.50. The van der Waals surface area contributed by atoms with Crippen LogP contribution in [-0.4, -0.2) is 23.6 Å². The highest BCUT2D eigenvalue weighted by Gasteiger charge is 2.28. The van der Waals surface area contributed by atoms with Gasteiger partial charge in [0.15, 0.2) is 11.5 Å². The van der Waals surface area contributed by atoms with Gasteiger partial charge >= 0.3 is 0 Å². The standard InChI is InChI=1S/C11H7NO5/c1-17-10-5-9(13)7-3-2-6(12(15)16)4-8(7)11(10)14/h2-5H,1H3. The van der Waals surface area contributed by atoms with Crippen LogP contribution in [0.1, 0.15) is 20.7 Å². The van der Waals surface area contributed by atoms with E-state index in [0.29, 0.717) is 0 Å². The second-order valence-electron chi connectivity index (χ2n) is 3.39. The minimum absolute atomic E-state index is 0.00329. The molecule has 1 aromatic rings. The zero-order valence-electron chi connectivity index (χ0n) is 8.80. The van der Waals surface area contributed by atoms with Gasteiger partial charge in [0.05, 0.1) is 12.0 Å². The molecule has 0 saturated carbocycles. The smallest absolute Gasteiger partial charge is 0.270 e. The fraction of sp³-hybridized carbons (Fsp3) is 0.0909. The molecule has 0 N–H and O–H groups in total. The third-order valence-corrected chi connectivity index (χ3v) is 2.43. The molecule has 0 atom stereocenters. The van der Waals surface area contributed by atoms with Gasteiger partial charge in [0.1, 0.15) is 0 Å². The lowest BCUT2D eigenvalue weighted by Crippen LogP contribution is -2.18. The zero-order chi connectivity index (χ0) is 12.6. The van der Waals surface area contributed by atoms with Gasteiger partial charge in [-0.3, -0.25) is 19.7 Å². The Labute approximate surface area is 95.7 Å². The van der Waals surface area contributed by atoms with E-state index in [9.17, 15) is 19.7 Å². The molecule has 0 fully saturated rings. The van der Waals surface area contributed by atoms with E-state index in [4.69, 9.17) is 4.74 Å². The van der Waals surface area contributed by atoms with Crippen molar-refractivity contribution in [2.24, 2.45) is 0 Å². The maximum Gasteiger partial charge on any atom is 0.270 e. The molecule has 6 heteroatoms. The van der Waals surface area contributed by atoms with Crippen molar-refractivity contribution in [3.8, 4) is 0 Å². The largest absolute Gasteiger partial charge is 0.492 e. The summed E-state index contributed by atoms with van der Waals surface area (Å²) in [6, 6.07) is 3.55. The highest BCUT2D eigenvalue weighted by Crippen LogP contribution is 2.25. The average Bonchev–Trinajstić information content (AvgIpc) is 2.33. The number of nitro benzene ring substituents is 1. The molecule has 1 aromatic carbocycles. The highest BCUT2D eigenvalue weighted by atomic mass is 16.6. The molecule has 0 radical (unpaired) electrons. The molecule has 0 aromatic heterocycles. The third-order valence-electron chi connectivity index (χ3n) is 2.43. The van der Waals surface area contributed by atoms with E-state index in [0.717, 1.165) is 12.1 Å². The minimum Gasteiger partial charge on any atom is -0.492 e. The molecular formula is C11H7NO5. The minimum atomic E-state index is -0.622. The van der Waals surface area contributed by atoms with Gasteiger partial charge in [-0.15, -0.1) is 0 Å². The molecule has 17 heavy (non-hydrogen) atoms. The van der Waals surface area contributed by atoms with Crippen molar-refractivity contribution in [3.63, 3.8) is 0 Å². The first-order chi connectivity index (χ1) is 8.04. The van der Waals surface area contributed by atoms with Crippen LogP contribution in [0.2, 0.25) is 0 Å². The molecule has 2 rings (SSSR count). The molecule has 0 spiro atoms. The normalized spacial score (nSPS) is 14.1. The first-order valence-electron chi connectivity index (χ1n) is 4.67. The quantitative estimate of drug-likeness (QED) is 0.570. The number of benzene rings is 1. The lowest BCUT2D eigenvalue weighted by atomic mass is 9.93. The third kappa shape index (κ3) is 1.69. The second-order valence-corrected chi connectivity index (χ2v) is 3.39. The van der Waals surface area contributed by atoms with Gasteiger partial charge < -0.3 is 4.74 Å². The summed E-state index contributed by atoms with van der Waals surface area (Å²) in [5.74, 6) is -1.03. The van der Waals surface area contributed by atoms with Gasteiger partial charge in [-0.05, 0) is 6.07 Å². The monoisotopic (exact) mass is 233 g/mol. The number of nitrogens with zero attached hydrogens (tertiary/aromatic N) is 1. The number of non-ortho nitro benzene ring substituents is 1. The van der Waals surface area contributed by atoms with Gasteiger partial charge in [0.25, 0.3) is 5.69 Å². The summed E-state index contributed by atoms with van der Waals surface area (Å²) >= 11 is 0. The molecule has 1 aliphatic carbocycles. The Bertz CT molecular complexity index is 573. The second kappa shape index (κ2) is 3.82. The number of hydrogen-bond donors (Lipinski definition) is 0. The van der Waals surface area contributed by atoms with Crippen LogP contribution in [0.15, 0.2) is 30.0 Å². The van der Waals surface area contributed by atoms with Crippen LogP contribution >= 0.6 is 0 Å². The summed E-state index contributed by atoms with van der Waals surface area (Å²) in [4.78, 5) is 33.4. The highest BCUT2D eigenvalue weighted by molar-refractivity contribution is 6.23. The van der Waals surface area contributed by atoms with Gasteiger partial charge in [0, 0.05) is 29.3 Å². The predicted molar refractivity (Wildman–Crippen MR) is 56.8 cm³/mol. The van der Waals surface area contributed by atoms with Crippen molar-refractivity contribution in [2.75, 3.05) is 7.11 Å². The fourth-order valence-electron chi connectivity index (χ4n) is 1.60. The summed E-state index contributed by atoms with van der Waals surface area (Å²) in [6.07, 6.45) is 1.08. The van der Waals surface area contributed by atoms with Crippen LogP contribution in [0.3, 0.4) is 0 Å². The molecule has 0 heterocycles. The number of hydrogen-bond acceptors (Lipinski definition) is 5. The van der Waals surface area contributed by atoms with Crippen LogP contribution in [-0.2, 0) is 4.74 Å². The van der Waals surface area contributed by atoms with Gasteiger partial charge in [-0.25, -0.2) is 0 Å². The molecule has 0 amide bonds. The number of ether oxygens (including phenoxy) is 1. The number of ketones is 2. The number of allylic oxidation sites excluding steroid dienone is 2. The van der Waals surface area contributed by atoms with Crippen LogP contribution in [0, 0.1) is 10.1 Å². The number of carbonyl (C=O) groups excluding carboxylic acids is 2. The van der Waals surface area contributed by atoms with E-state index in [-0.39, 0.29) is 22.6 Å². The lowest BCUT2D eigenvalue weighted by molar-refractivity contribution is -0.384. The van der Waals surface area contributed by atoms with Crippen molar-refractivity contribution in [3.05, 3.63) is 51.3 Å². The molecule has 86 valence electrons. The van der Waals surface area contributed by atoms with E-state index < -0.39 is 16.5 Å². The fourth-order valence-corrected chi connectivity index (χ4v) is 1.60. The zero-order valence-corrected chi connectivity index (χ0v) is 8.80. The van der Waals surface area contributed by atoms with Crippen molar-refractivity contribution < 1.29 is 19.2 Å². The molecule has 1 aliphatic rings.